The Labute approximate surface area is 89.5 Å². The Morgan fingerprint density at radius 2 is 2.07 bits per heavy atom. The van der Waals surface area contributed by atoms with E-state index in [2.05, 4.69) is 19.1 Å². The summed E-state index contributed by atoms with van der Waals surface area (Å²) in [6.45, 7) is 2.07. The number of aliphatic hydroxyl groups is 1. The van der Waals surface area contributed by atoms with Gasteiger partial charge in [-0.1, -0.05) is 29.8 Å². The molecule has 0 saturated carbocycles. The fourth-order valence-corrected chi connectivity index (χ4v) is 3.14. The molecule has 1 heterocycles. The molecule has 1 aliphatic heterocycles. The lowest BCUT2D eigenvalue weighted by Gasteiger charge is -2.17. The summed E-state index contributed by atoms with van der Waals surface area (Å²) in [4.78, 5) is 0. The van der Waals surface area contributed by atoms with Crippen molar-refractivity contribution >= 4 is 11.8 Å². The van der Waals surface area contributed by atoms with Crippen LogP contribution in [0, 0.1) is 6.92 Å². The smallest absolute Gasteiger partial charge is 0.0908 e. The lowest BCUT2D eigenvalue weighted by molar-refractivity contribution is 0.173. The summed E-state index contributed by atoms with van der Waals surface area (Å²) in [5.74, 6) is 1.20. The Morgan fingerprint density at radius 3 is 2.64 bits per heavy atom. The summed E-state index contributed by atoms with van der Waals surface area (Å²) in [6, 6.07) is 8.22. The molecule has 14 heavy (non-hydrogen) atoms. The number of rotatable bonds is 2. The molecule has 1 saturated heterocycles. The van der Waals surface area contributed by atoms with Gasteiger partial charge in [0, 0.05) is 5.25 Å². The standard InChI is InChI=1S/C12H16OS/c1-9-4-6-10(7-5-9)12(13)11-3-2-8-14-11/h4-7,11-13H,2-3,8H2,1H3. The molecule has 1 N–H and O–H groups in total. The first-order valence-corrected chi connectivity index (χ1v) is 6.18. The van der Waals surface area contributed by atoms with E-state index in [4.69, 9.17) is 0 Å². The first-order chi connectivity index (χ1) is 6.77. The van der Waals surface area contributed by atoms with E-state index < -0.39 is 0 Å². The van der Waals surface area contributed by atoms with Crippen LogP contribution in [0.25, 0.3) is 0 Å². The van der Waals surface area contributed by atoms with Crippen molar-refractivity contribution in [3.05, 3.63) is 35.4 Å². The molecule has 0 amide bonds. The van der Waals surface area contributed by atoms with Crippen LogP contribution in [0.15, 0.2) is 24.3 Å². The maximum atomic E-state index is 10.1. The molecule has 1 aromatic rings. The summed E-state index contributed by atoms with van der Waals surface area (Å²) >= 11 is 1.90. The molecule has 0 aliphatic carbocycles. The minimum absolute atomic E-state index is 0.275. The van der Waals surface area contributed by atoms with Gasteiger partial charge in [0.25, 0.3) is 0 Å². The van der Waals surface area contributed by atoms with Crippen molar-refractivity contribution < 1.29 is 5.11 Å². The normalized spacial score (nSPS) is 23.7. The molecule has 0 spiro atoms. The third-order valence-electron chi connectivity index (χ3n) is 2.74. The Hall–Kier alpha value is -0.470. The number of hydrogen-bond acceptors (Lipinski definition) is 2. The Kier molecular flexibility index (Phi) is 3.14. The highest BCUT2D eigenvalue weighted by molar-refractivity contribution is 8.00. The number of thioether (sulfide) groups is 1. The monoisotopic (exact) mass is 208 g/mol. The van der Waals surface area contributed by atoms with Crippen LogP contribution in [-0.2, 0) is 0 Å². The van der Waals surface area contributed by atoms with Gasteiger partial charge in [-0.05, 0) is 31.1 Å². The summed E-state index contributed by atoms with van der Waals surface area (Å²) < 4.78 is 0. The first kappa shape index (κ1) is 10.1. The minimum atomic E-state index is -0.275. The Bertz CT molecular complexity index is 288. The van der Waals surface area contributed by atoms with Crippen LogP contribution in [0.4, 0.5) is 0 Å². The molecule has 2 unspecified atom stereocenters. The molecule has 2 atom stereocenters. The lowest BCUT2D eigenvalue weighted by Crippen LogP contribution is -2.11. The van der Waals surface area contributed by atoms with Gasteiger partial charge >= 0.3 is 0 Å². The third kappa shape index (κ3) is 2.12. The van der Waals surface area contributed by atoms with Gasteiger partial charge in [-0.25, -0.2) is 0 Å². The van der Waals surface area contributed by atoms with Gasteiger partial charge in [-0.3, -0.25) is 0 Å². The fourth-order valence-electron chi connectivity index (χ4n) is 1.83. The van der Waals surface area contributed by atoms with Gasteiger partial charge in [-0.2, -0.15) is 11.8 Å². The average Bonchev–Trinajstić information content (AvgIpc) is 2.71. The summed E-state index contributed by atoms with van der Waals surface area (Å²) in [6.07, 6.45) is 2.13. The van der Waals surface area contributed by atoms with E-state index in [1.54, 1.807) is 0 Å². The van der Waals surface area contributed by atoms with E-state index in [0.717, 1.165) is 12.0 Å². The SMILES string of the molecule is Cc1ccc(C(O)C2CCCS2)cc1. The molecular weight excluding hydrogens is 192 g/mol. The Morgan fingerprint density at radius 1 is 1.36 bits per heavy atom. The molecule has 1 aromatic carbocycles. The zero-order valence-electron chi connectivity index (χ0n) is 8.44. The highest BCUT2D eigenvalue weighted by atomic mass is 32.2. The van der Waals surface area contributed by atoms with Crippen molar-refractivity contribution in [3.63, 3.8) is 0 Å². The van der Waals surface area contributed by atoms with E-state index in [1.807, 2.05) is 23.9 Å². The molecule has 0 aromatic heterocycles. The van der Waals surface area contributed by atoms with Gasteiger partial charge in [-0.15, -0.1) is 0 Å². The van der Waals surface area contributed by atoms with E-state index in [1.165, 1.54) is 17.7 Å². The number of aliphatic hydroxyl groups excluding tert-OH is 1. The van der Waals surface area contributed by atoms with E-state index in [-0.39, 0.29) is 6.10 Å². The van der Waals surface area contributed by atoms with Gasteiger partial charge < -0.3 is 5.11 Å². The van der Waals surface area contributed by atoms with Crippen LogP contribution in [-0.4, -0.2) is 16.1 Å². The molecule has 1 aliphatic rings. The van der Waals surface area contributed by atoms with Crippen molar-refractivity contribution in [2.45, 2.75) is 31.1 Å². The van der Waals surface area contributed by atoms with E-state index >= 15 is 0 Å². The molecule has 2 heteroatoms. The van der Waals surface area contributed by atoms with Gasteiger partial charge in [0.15, 0.2) is 0 Å². The molecule has 1 fully saturated rings. The number of aryl methyl sites for hydroxylation is 1. The Balaban J connectivity index is 2.09. The number of benzene rings is 1. The maximum absolute atomic E-state index is 10.1. The molecule has 1 nitrogen and oxygen atoms in total. The maximum Gasteiger partial charge on any atom is 0.0908 e. The van der Waals surface area contributed by atoms with Crippen LogP contribution < -0.4 is 0 Å². The summed E-state index contributed by atoms with van der Waals surface area (Å²) in [5, 5.41) is 10.5. The lowest BCUT2D eigenvalue weighted by atomic mass is 10.0. The largest absolute Gasteiger partial charge is 0.387 e. The highest BCUT2D eigenvalue weighted by Crippen LogP contribution is 2.35. The second kappa shape index (κ2) is 4.37. The highest BCUT2D eigenvalue weighted by Gasteiger charge is 2.24. The average molecular weight is 208 g/mol. The summed E-state index contributed by atoms with van der Waals surface area (Å²) in [5.41, 5.74) is 2.31. The van der Waals surface area contributed by atoms with Crippen molar-refractivity contribution in [2.24, 2.45) is 0 Å². The molecule has 0 radical (unpaired) electrons. The second-order valence-corrected chi connectivity index (χ2v) is 5.25. The summed E-state index contributed by atoms with van der Waals surface area (Å²) in [7, 11) is 0. The predicted octanol–water partition coefficient (Wildman–Crippen LogP) is 2.92. The van der Waals surface area contributed by atoms with Crippen LogP contribution in [0.5, 0.6) is 0 Å². The predicted molar refractivity (Wildman–Crippen MR) is 61.6 cm³/mol. The third-order valence-corrected chi connectivity index (χ3v) is 4.18. The van der Waals surface area contributed by atoms with Crippen molar-refractivity contribution in [1.82, 2.24) is 0 Å². The minimum Gasteiger partial charge on any atom is -0.387 e. The second-order valence-electron chi connectivity index (χ2n) is 3.91. The molecule has 0 bridgehead atoms. The van der Waals surface area contributed by atoms with Gasteiger partial charge in [0.1, 0.15) is 0 Å². The topological polar surface area (TPSA) is 20.2 Å². The van der Waals surface area contributed by atoms with Crippen LogP contribution in [0.3, 0.4) is 0 Å². The van der Waals surface area contributed by atoms with Gasteiger partial charge in [0.05, 0.1) is 6.10 Å². The van der Waals surface area contributed by atoms with Crippen molar-refractivity contribution in [2.75, 3.05) is 5.75 Å². The molecular formula is C12H16OS. The van der Waals surface area contributed by atoms with Crippen molar-refractivity contribution in [1.29, 1.82) is 0 Å². The van der Waals surface area contributed by atoms with Crippen LogP contribution in [0.2, 0.25) is 0 Å². The molecule has 2 rings (SSSR count). The van der Waals surface area contributed by atoms with Gasteiger partial charge in [0.2, 0.25) is 0 Å². The first-order valence-electron chi connectivity index (χ1n) is 5.13. The zero-order chi connectivity index (χ0) is 9.97. The van der Waals surface area contributed by atoms with Crippen LogP contribution >= 0.6 is 11.8 Å². The fraction of sp³-hybridized carbons (Fsp3) is 0.500. The van der Waals surface area contributed by atoms with Crippen LogP contribution in [0.1, 0.15) is 30.1 Å². The zero-order valence-corrected chi connectivity index (χ0v) is 9.26. The van der Waals surface area contributed by atoms with E-state index in [0.29, 0.717) is 5.25 Å². The quantitative estimate of drug-likeness (QED) is 0.806. The van der Waals surface area contributed by atoms with Crippen molar-refractivity contribution in [3.8, 4) is 0 Å². The molecule has 76 valence electrons. The number of hydrogen-bond donors (Lipinski definition) is 1. The van der Waals surface area contributed by atoms with E-state index in [9.17, 15) is 5.11 Å².